The number of carbonyl (C=O) groups excluding carboxylic acids is 1. The number of nitrogens with one attached hydrogen (secondary N) is 1. The van der Waals surface area contributed by atoms with E-state index >= 15 is 0 Å². The van der Waals surface area contributed by atoms with E-state index in [9.17, 15) is 10.1 Å². The molecule has 4 heteroatoms. The number of hydrogen-bond acceptors (Lipinski definition) is 2. The van der Waals surface area contributed by atoms with Crippen molar-refractivity contribution in [2.24, 2.45) is 0 Å². The van der Waals surface area contributed by atoms with Gasteiger partial charge < -0.3 is 5.32 Å². The summed E-state index contributed by atoms with van der Waals surface area (Å²) in [5.74, 6) is -0.214. The fourth-order valence-electron chi connectivity index (χ4n) is 2.16. The van der Waals surface area contributed by atoms with Crippen LogP contribution in [-0.4, -0.2) is 13.0 Å². The van der Waals surface area contributed by atoms with E-state index in [1.54, 1.807) is 19.2 Å². The number of hydrogen-bond donors (Lipinski definition) is 1. The maximum Gasteiger partial charge on any atom is 0.252 e. The van der Waals surface area contributed by atoms with E-state index in [-0.39, 0.29) is 5.91 Å². The van der Waals surface area contributed by atoms with Crippen LogP contribution in [0, 0.1) is 11.3 Å². The molecule has 2 aromatic carbocycles. The molecule has 0 heterocycles. The second kappa shape index (κ2) is 6.21. The lowest BCUT2D eigenvalue weighted by molar-refractivity contribution is 0.0963. The van der Waals surface area contributed by atoms with Crippen LogP contribution < -0.4 is 5.32 Å². The van der Waals surface area contributed by atoms with Crippen LogP contribution in [0.15, 0.2) is 42.5 Å². The zero-order valence-corrected chi connectivity index (χ0v) is 13.5. The van der Waals surface area contributed by atoms with Crippen molar-refractivity contribution in [3.63, 3.8) is 0 Å². The normalized spacial score (nSPS) is 10.9. The van der Waals surface area contributed by atoms with Crippen LogP contribution in [0.4, 0.5) is 0 Å². The lowest BCUT2D eigenvalue weighted by atomic mass is 9.85. The van der Waals surface area contributed by atoms with E-state index < -0.39 is 5.41 Å². The highest BCUT2D eigenvalue weighted by atomic mass is 35.5. The van der Waals surface area contributed by atoms with Crippen molar-refractivity contribution in [3.8, 4) is 17.2 Å². The predicted octanol–water partition coefficient (Wildman–Crippen LogP) is 4.17. The average Bonchev–Trinajstić information content (AvgIpc) is 2.54. The molecule has 0 atom stereocenters. The summed E-state index contributed by atoms with van der Waals surface area (Å²) in [5.41, 5.74) is 2.76. The zero-order valence-electron chi connectivity index (χ0n) is 12.8. The zero-order chi connectivity index (χ0) is 16.3. The second-order valence-electron chi connectivity index (χ2n) is 5.59. The van der Waals surface area contributed by atoms with E-state index in [1.165, 1.54) is 0 Å². The van der Waals surface area contributed by atoms with E-state index in [0.29, 0.717) is 10.6 Å². The summed E-state index contributed by atoms with van der Waals surface area (Å²) in [6, 6.07) is 15.4. The summed E-state index contributed by atoms with van der Waals surface area (Å²) in [6.07, 6.45) is 0. The molecule has 0 aromatic heterocycles. The van der Waals surface area contributed by atoms with Crippen molar-refractivity contribution in [1.29, 1.82) is 5.26 Å². The molecule has 0 spiro atoms. The molecule has 0 aliphatic rings. The van der Waals surface area contributed by atoms with E-state index in [2.05, 4.69) is 11.4 Å². The van der Waals surface area contributed by atoms with Gasteiger partial charge in [-0.1, -0.05) is 41.9 Å². The molecule has 0 aliphatic carbocycles. The quantitative estimate of drug-likeness (QED) is 0.925. The Bertz CT molecular complexity index is 743. The molecule has 0 fully saturated rings. The van der Waals surface area contributed by atoms with Gasteiger partial charge in [0.15, 0.2) is 0 Å². The Morgan fingerprint density at radius 3 is 2.27 bits per heavy atom. The number of amides is 1. The maximum atomic E-state index is 11.8. The first-order valence-electron chi connectivity index (χ1n) is 6.93. The summed E-state index contributed by atoms with van der Waals surface area (Å²) < 4.78 is 0. The molecular formula is C18H17ClN2O. The first-order chi connectivity index (χ1) is 10.4. The van der Waals surface area contributed by atoms with Crippen LogP contribution in [0.5, 0.6) is 0 Å². The lowest BCUT2D eigenvalue weighted by Crippen LogP contribution is -2.18. The van der Waals surface area contributed by atoms with Crippen molar-refractivity contribution >= 4 is 17.5 Å². The molecule has 112 valence electrons. The van der Waals surface area contributed by atoms with Gasteiger partial charge in [0.2, 0.25) is 0 Å². The Kier molecular flexibility index (Phi) is 4.54. The number of rotatable bonds is 3. The van der Waals surface area contributed by atoms with Gasteiger partial charge in [-0.3, -0.25) is 4.79 Å². The molecule has 0 bridgehead atoms. The summed E-state index contributed by atoms with van der Waals surface area (Å²) in [4.78, 5) is 11.8. The van der Waals surface area contributed by atoms with Crippen LogP contribution >= 0.6 is 11.6 Å². The Morgan fingerprint density at radius 1 is 1.14 bits per heavy atom. The third-order valence-corrected chi connectivity index (χ3v) is 3.99. The number of halogens is 1. The molecule has 0 saturated carbocycles. The number of nitriles is 1. The third kappa shape index (κ3) is 3.13. The average molecular weight is 313 g/mol. The SMILES string of the molecule is CNC(=O)c1cc(-c2ccc(C(C)(C)C#N)cc2)ccc1Cl. The molecule has 2 rings (SSSR count). The van der Waals surface area contributed by atoms with Gasteiger partial charge in [-0.15, -0.1) is 0 Å². The molecule has 1 amide bonds. The molecule has 0 aliphatic heterocycles. The van der Waals surface area contributed by atoms with Gasteiger partial charge in [0.05, 0.1) is 22.1 Å². The minimum atomic E-state index is -0.522. The van der Waals surface area contributed by atoms with Gasteiger partial charge in [-0.2, -0.15) is 5.26 Å². The van der Waals surface area contributed by atoms with Crippen LogP contribution in [0.25, 0.3) is 11.1 Å². The topological polar surface area (TPSA) is 52.9 Å². The highest BCUT2D eigenvalue weighted by Gasteiger charge is 2.19. The molecule has 0 unspecified atom stereocenters. The van der Waals surface area contributed by atoms with Gasteiger partial charge in [0.1, 0.15) is 0 Å². The molecule has 22 heavy (non-hydrogen) atoms. The van der Waals surface area contributed by atoms with Gasteiger partial charge in [0.25, 0.3) is 5.91 Å². The summed E-state index contributed by atoms with van der Waals surface area (Å²) >= 11 is 6.06. The first-order valence-corrected chi connectivity index (χ1v) is 7.30. The van der Waals surface area contributed by atoms with Crippen molar-refractivity contribution in [2.45, 2.75) is 19.3 Å². The van der Waals surface area contributed by atoms with Gasteiger partial charge in [-0.25, -0.2) is 0 Å². The van der Waals surface area contributed by atoms with Crippen LogP contribution in [-0.2, 0) is 5.41 Å². The van der Waals surface area contributed by atoms with Crippen molar-refractivity contribution in [2.75, 3.05) is 7.05 Å². The fraction of sp³-hybridized carbons (Fsp3) is 0.222. The van der Waals surface area contributed by atoms with Crippen LogP contribution in [0.2, 0.25) is 5.02 Å². The van der Waals surface area contributed by atoms with E-state index in [1.807, 2.05) is 44.2 Å². The second-order valence-corrected chi connectivity index (χ2v) is 6.00. The maximum absolute atomic E-state index is 11.8. The van der Waals surface area contributed by atoms with Gasteiger partial charge in [-0.05, 0) is 42.7 Å². The molecule has 3 nitrogen and oxygen atoms in total. The predicted molar refractivity (Wildman–Crippen MR) is 88.9 cm³/mol. The van der Waals surface area contributed by atoms with Crippen LogP contribution in [0.1, 0.15) is 29.8 Å². The summed E-state index contributed by atoms with van der Waals surface area (Å²) in [6.45, 7) is 3.77. The number of benzene rings is 2. The van der Waals surface area contributed by atoms with Gasteiger partial charge >= 0.3 is 0 Å². The standard InChI is InChI=1S/C18H17ClN2O/c1-18(2,11-20)14-7-4-12(5-8-14)13-6-9-16(19)15(10-13)17(22)21-3/h4-10H,1-3H3,(H,21,22). The third-order valence-electron chi connectivity index (χ3n) is 3.66. The minimum Gasteiger partial charge on any atom is -0.355 e. The van der Waals surface area contributed by atoms with Crippen molar-refractivity contribution < 1.29 is 4.79 Å². The highest BCUT2D eigenvalue weighted by Crippen LogP contribution is 2.28. The van der Waals surface area contributed by atoms with Crippen LogP contribution in [0.3, 0.4) is 0 Å². The van der Waals surface area contributed by atoms with E-state index in [0.717, 1.165) is 16.7 Å². The molecular weight excluding hydrogens is 296 g/mol. The lowest BCUT2D eigenvalue weighted by Gasteiger charge is -2.16. The van der Waals surface area contributed by atoms with Crippen molar-refractivity contribution in [1.82, 2.24) is 5.32 Å². The minimum absolute atomic E-state index is 0.214. The Hall–Kier alpha value is -2.31. The molecule has 0 saturated heterocycles. The smallest absolute Gasteiger partial charge is 0.252 e. The molecule has 0 radical (unpaired) electrons. The summed E-state index contributed by atoms with van der Waals surface area (Å²) in [7, 11) is 1.57. The monoisotopic (exact) mass is 312 g/mol. The van der Waals surface area contributed by atoms with E-state index in [4.69, 9.17) is 11.6 Å². The molecule has 1 N–H and O–H groups in total. The first kappa shape index (κ1) is 16.1. The largest absolute Gasteiger partial charge is 0.355 e. The summed E-state index contributed by atoms with van der Waals surface area (Å²) in [5, 5.41) is 12.2. The highest BCUT2D eigenvalue weighted by molar-refractivity contribution is 6.34. The number of nitrogens with zero attached hydrogens (tertiary/aromatic N) is 1. The Morgan fingerprint density at radius 2 is 1.73 bits per heavy atom. The van der Waals surface area contributed by atoms with Crippen molar-refractivity contribution in [3.05, 3.63) is 58.6 Å². The number of carbonyl (C=O) groups is 1. The Balaban J connectivity index is 2.41. The fourth-order valence-corrected chi connectivity index (χ4v) is 2.36. The Labute approximate surface area is 135 Å². The van der Waals surface area contributed by atoms with Gasteiger partial charge in [0, 0.05) is 7.05 Å². The molecule has 2 aromatic rings.